The first-order chi connectivity index (χ1) is 18.1. The molecule has 0 unspecified atom stereocenters. The third-order valence-corrected chi connectivity index (χ3v) is 7.88. The lowest BCUT2D eigenvalue weighted by molar-refractivity contribution is -0.139. The lowest BCUT2D eigenvalue weighted by atomic mass is 10.1. The minimum absolute atomic E-state index is 0.0728. The van der Waals surface area contributed by atoms with E-state index in [1.165, 1.54) is 44.4 Å². The number of sulfonamides is 1. The second-order valence-electron chi connectivity index (χ2n) is 8.66. The van der Waals surface area contributed by atoms with Crippen molar-refractivity contribution in [3.05, 3.63) is 83.9 Å². The number of ether oxygens (including phenoxy) is 2. The first kappa shape index (κ1) is 28.5. The Morgan fingerprint density at radius 3 is 2.21 bits per heavy atom. The number of para-hydroxylation sites is 1. The van der Waals surface area contributed by atoms with Crippen molar-refractivity contribution in [3.8, 4) is 11.5 Å². The van der Waals surface area contributed by atoms with Crippen molar-refractivity contribution in [1.82, 2.24) is 10.2 Å². The van der Waals surface area contributed by atoms with Gasteiger partial charge in [-0.3, -0.25) is 13.9 Å². The van der Waals surface area contributed by atoms with Crippen LogP contribution in [0.4, 0.5) is 5.69 Å². The molecule has 9 nitrogen and oxygen atoms in total. The number of aryl methyl sites for hydroxylation is 1. The summed E-state index contributed by atoms with van der Waals surface area (Å²) in [5.41, 5.74) is 2.13. The molecular formula is C28H33N3O6S. The summed E-state index contributed by atoms with van der Waals surface area (Å²) in [4.78, 5) is 27.6. The Kier molecular flexibility index (Phi) is 9.35. The van der Waals surface area contributed by atoms with Gasteiger partial charge in [-0.15, -0.1) is 0 Å². The third kappa shape index (κ3) is 6.44. The normalized spacial score (nSPS) is 11.8. The highest BCUT2D eigenvalue weighted by molar-refractivity contribution is 7.92. The summed E-state index contributed by atoms with van der Waals surface area (Å²) in [5, 5.41) is 2.57. The van der Waals surface area contributed by atoms with E-state index in [4.69, 9.17) is 9.47 Å². The average molecular weight is 540 g/mol. The van der Waals surface area contributed by atoms with Gasteiger partial charge in [0, 0.05) is 19.7 Å². The highest BCUT2D eigenvalue weighted by atomic mass is 32.2. The molecule has 202 valence electrons. The van der Waals surface area contributed by atoms with Gasteiger partial charge in [-0.1, -0.05) is 48.0 Å². The van der Waals surface area contributed by atoms with Gasteiger partial charge in [0.25, 0.3) is 10.0 Å². The Labute approximate surface area is 224 Å². The van der Waals surface area contributed by atoms with E-state index in [1.807, 2.05) is 31.2 Å². The van der Waals surface area contributed by atoms with Crippen molar-refractivity contribution in [2.24, 2.45) is 0 Å². The first-order valence-corrected chi connectivity index (χ1v) is 13.4. The topological polar surface area (TPSA) is 105 Å². The van der Waals surface area contributed by atoms with Crippen molar-refractivity contribution in [2.45, 2.75) is 31.3 Å². The van der Waals surface area contributed by atoms with Crippen LogP contribution in [0, 0.1) is 6.92 Å². The van der Waals surface area contributed by atoms with E-state index in [0.717, 1.165) is 15.4 Å². The summed E-state index contributed by atoms with van der Waals surface area (Å²) in [5.74, 6) is -0.282. The Morgan fingerprint density at radius 1 is 0.921 bits per heavy atom. The number of nitrogens with zero attached hydrogens (tertiary/aromatic N) is 2. The molecule has 0 saturated heterocycles. The molecule has 38 heavy (non-hydrogen) atoms. The van der Waals surface area contributed by atoms with Gasteiger partial charge in [-0.2, -0.15) is 0 Å². The van der Waals surface area contributed by atoms with Gasteiger partial charge < -0.3 is 19.7 Å². The van der Waals surface area contributed by atoms with E-state index in [1.54, 1.807) is 37.3 Å². The summed E-state index contributed by atoms with van der Waals surface area (Å²) < 4.78 is 39.4. The molecule has 0 aliphatic heterocycles. The van der Waals surface area contributed by atoms with Gasteiger partial charge in [-0.25, -0.2) is 8.42 Å². The van der Waals surface area contributed by atoms with Crippen molar-refractivity contribution < 1.29 is 27.5 Å². The number of nitrogens with one attached hydrogen (secondary N) is 1. The molecule has 0 aliphatic carbocycles. The second kappa shape index (κ2) is 12.5. The average Bonchev–Trinajstić information content (AvgIpc) is 2.93. The summed E-state index contributed by atoms with van der Waals surface area (Å²) in [6.45, 7) is 3.16. The molecule has 2 amide bonds. The van der Waals surface area contributed by atoms with Crippen LogP contribution in [0.1, 0.15) is 18.1 Å². The molecule has 0 radical (unpaired) electrons. The molecule has 0 aliphatic rings. The highest BCUT2D eigenvalue weighted by Crippen LogP contribution is 2.32. The minimum Gasteiger partial charge on any atom is -0.493 e. The number of likely N-dealkylation sites (N-methyl/N-ethyl adjacent to an activating group) is 1. The Hall–Kier alpha value is -4.05. The van der Waals surface area contributed by atoms with Crippen LogP contribution in [-0.4, -0.2) is 59.0 Å². The molecule has 3 rings (SSSR count). The number of benzene rings is 3. The Morgan fingerprint density at radius 2 is 1.61 bits per heavy atom. The fraction of sp³-hybridized carbons (Fsp3) is 0.286. The Balaban J connectivity index is 2.04. The highest BCUT2D eigenvalue weighted by Gasteiger charge is 2.32. The van der Waals surface area contributed by atoms with E-state index in [-0.39, 0.29) is 23.1 Å². The van der Waals surface area contributed by atoms with E-state index in [0.29, 0.717) is 11.4 Å². The zero-order chi connectivity index (χ0) is 27.9. The van der Waals surface area contributed by atoms with Gasteiger partial charge in [0.05, 0.1) is 24.8 Å². The quantitative estimate of drug-likeness (QED) is 0.401. The molecule has 1 atom stereocenters. The molecule has 10 heteroatoms. The minimum atomic E-state index is -4.22. The number of hydrogen-bond donors (Lipinski definition) is 1. The lowest BCUT2D eigenvalue weighted by Gasteiger charge is -2.32. The predicted molar refractivity (Wildman–Crippen MR) is 146 cm³/mol. The van der Waals surface area contributed by atoms with E-state index < -0.39 is 28.5 Å². The molecule has 0 saturated carbocycles. The fourth-order valence-corrected chi connectivity index (χ4v) is 5.46. The van der Waals surface area contributed by atoms with Gasteiger partial charge in [-0.05, 0) is 43.7 Å². The van der Waals surface area contributed by atoms with Crippen LogP contribution < -0.4 is 19.1 Å². The molecule has 0 spiro atoms. The van der Waals surface area contributed by atoms with Crippen LogP contribution in [0.25, 0.3) is 0 Å². The van der Waals surface area contributed by atoms with Crippen LogP contribution in [-0.2, 0) is 26.2 Å². The van der Waals surface area contributed by atoms with Crippen LogP contribution >= 0.6 is 0 Å². The number of carbonyl (C=O) groups excluding carboxylic acids is 2. The van der Waals surface area contributed by atoms with Crippen molar-refractivity contribution in [3.63, 3.8) is 0 Å². The van der Waals surface area contributed by atoms with E-state index >= 15 is 0 Å². The standard InChI is InChI=1S/C28H33N3O6S/c1-20-10-9-11-22(16-20)18-30(21(2)28(33)29-3)27(32)19-31(23-12-7-6-8-13-23)38(34,35)24-14-15-25(36-4)26(17-24)37-5/h6-17,21H,18-19H2,1-5H3,(H,29,33)/t21-/m1/s1. The number of amides is 2. The van der Waals surface area contributed by atoms with E-state index in [2.05, 4.69) is 5.32 Å². The molecular weight excluding hydrogens is 506 g/mol. The van der Waals surface area contributed by atoms with Crippen LogP contribution in [0.3, 0.4) is 0 Å². The summed E-state index contributed by atoms with van der Waals surface area (Å²) in [6, 6.07) is 19.3. The number of carbonyl (C=O) groups is 2. The maximum Gasteiger partial charge on any atom is 0.264 e. The number of anilines is 1. The molecule has 0 aromatic heterocycles. The second-order valence-corrected chi connectivity index (χ2v) is 10.5. The van der Waals surface area contributed by atoms with Crippen molar-refractivity contribution in [2.75, 3.05) is 32.1 Å². The zero-order valence-electron chi connectivity index (χ0n) is 22.2. The largest absolute Gasteiger partial charge is 0.493 e. The molecule has 3 aromatic rings. The van der Waals surface area contributed by atoms with Crippen LogP contribution in [0.5, 0.6) is 11.5 Å². The van der Waals surface area contributed by atoms with Crippen molar-refractivity contribution >= 4 is 27.5 Å². The van der Waals surface area contributed by atoms with Gasteiger partial charge in [0.15, 0.2) is 11.5 Å². The maximum atomic E-state index is 13.9. The number of rotatable bonds is 11. The summed E-state index contributed by atoms with van der Waals surface area (Å²) in [7, 11) is 0.139. The molecule has 0 heterocycles. The maximum absolute atomic E-state index is 13.9. The molecule has 0 bridgehead atoms. The SMILES string of the molecule is CNC(=O)[C@@H](C)N(Cc1cccc(C)c1)C(=O)CN(c1ccccc1)S(=O)(=O)c1ccc(OC)c(OC)c1. The lowest BCUT2D eigenvalue weighted by Crippen LogP contribution is -2.50. The fourth-order valence-electron chi connectivity index (χ4n) is 4.03. The number of hydrogen-bond acceptors (Lipinski definition) is 6. The molecule has 0 fully saturated rings. The summed E-state index contributed by atoms with van der Waals surface area (Å²) >= 11 is 0. The molecule has 3 aromatic carbocycles. The summed E-state index contributed by atoms with van der Waals surface area (Å²) in [6.07, 6.45) is 0. The first-order valence-electron chi connectivity index (χ1n) is 12.0. The van der Waals surface area contributed by atoms with Gasteiger partial charge >= 0.3 is 0 Å². The Bertz CT molecular complexity index is 1380. The van der Waals surface area contributed by atoms with Crippen LogP contribution in [0.2, 0.25) is 0 Å². The zero-order valence-corrected chi connectivity index (χ0v) is 23.0. The third-order valence-electron chi connectivity index (χ3n) is 6.12. The van der Waals surface area contributed by atoms with Gasteiger partial charge in [0.2, 0.25) is 11.8 Å². The monoisotopic (exact) mass is 539 g/mol. The van der Waals surface area contributed by atoms with Crippen LogP contribution in [0.15, 0.2) is 77.7 Å². The number of methoxy groups -OCH3 is 2. The predicted octanol–water partition coefficient (Wildman–Crippen LogP) is 3.37. The smallest absolute Gasteiger partial charge is 0.264 e. The van der Waals surface area contributed by atoms with Crippen molar-refractivity contribution in [1.29, 1.82) is 0 Å². The van der Waals surface area contributed by atoms with Gasteiger partial charge in [0.1, 0.15) is 12.6 Å². The molecule has 1 N–H and O–H groups in total. The van der Waals surface area contributed by atoms with E-state index in [9.17, 15) is 18.0 Å².